The van der Waals surface area contributed by atoms with Crippen molar-refractivity contribution in [3.63, 3.8) is 0 Å². The number of Topliss-reactive ketones (excluding diaryl/α,β-unsaturated/α-hetero) is 1. The average Bonchev–Trinajstić information content (AvgIpc) is 3.44. The minimum absolute atomic E-state index is 0.1000. The Balaban J connectivity index is 1.72. The van der Waals surface area contributed by atoms with Crippen molar-refractivity contribution in [2.75, 3.05) is 0 Å². The van der Waals surface area contributed by atoms with E-state index < -0.39 is 35.7 Å². The highest BCUT2D eigenvalue weighted by molar-refractivity contribution is 7.12. The third-order valence-corrected chi connectivity index (χ3v) is 8.43. The van der Waals surface area contributed by atoms with Gasteiger partial charge in [-0.05, 0) is 58.5 Å². The largest absolute Gasteiger partial charge is 0.480 e. The molecule has 1 N–H and O–H groups in total. The van der Waals surface area contributed by atoms with E-state index in [1.807, 2.05) is 29.6 Å². The Hall–Kier alpha value is -3.32. The Kier molecular flexibility index (Phi) is 6.52. The number of nitrogens with zero attached hydrogens (tertiary/aromatic N) is 1. The number of ketones is 1. The van der Waals surface area contributed by atoms with Crippen molar-refractivity contribution < 1.29 is 23.9 Å². The number of benzene rings is 2. The number of aliphatic carboxylic acids is 1. The first kappa shape index (κ1) is 25.3. The minimum Gasteiger partial charge on any atom is -0.480 e. The van der Waals surface area contributed by atoms with E-state index in [1.54, 1.807) is 24.3 Å². The van der Waals surface area contributed by atoms with Crippen LogP contribution in [0.4, 0.5) is 4.39 Å². The van der Waals surface area contributed by atoms with Gasteiger partial charge in [0.15, 0.2) is 5.78 Å². The van der Waals surface area contributed by atoms with Gasteiger partial charge in [0.05, 0.1) is 16.8 Å². The number of thiophene rings is 1. The SMILES string of the molecule is CC(C)(C)c1ccc(C2C(C(=O)c3cccs3)C(c3ccc(F)cc3)N(C(=O)C3CC3)C2C(=O)O)cc1. The number of likely N-dealkylation sites (tertiary alicyclic amines) is 1. The van der Waals surface area contributed by atoms with Gasteiger partial charge in [-0.1, -0.05) is 63.2 Å². The highest BCUT2D eigenvalue weighted by atomic mass is 32.1. The number of rotatable bonds is 6. The van der Waals surface area contributed by atoms with Crippen molar-refractivity contribution in [2.45, 2.75) is 57.0 Å². The zero-order chi connectivity index (χ0) is 26.5. The highest BCUT2D eigenvalue weighted by Gasteiger charge is 2.59. The van der Waals surface area contributed by atoms with Gasteiger partial charge >= 0.3 is 5.97 Å². The predicted octanol–water partition coefficient (Wildman–Crippen LogP) is 6.21. The number of amides is 1. The van der Waals surface area contributed by atoms with E-state index >= 15 is 0 Å². The lowest BCUT2D eigenvalue weighted by Crippen LogP contribution is -2.44. The summed E-state index contributed by atoms with van der Waals surface area (Å²) in [4.78, 5) is 42.6. The first-order valence-corrected chi connectivity index (χ1v) is 13.4. The lowest BCUT2D eigenvalue weighted by molar-refractivity contribution is -0.150. The molecule has 2 aromatic carbocycles. The summed E-state index contributed by atoms with van der Waals surface area (Å²) in [5, 5.41) is 12.3. The van der Waals surface area contributed by atoms with E-state index in [2.05, 4.69) is 20.8 Å². The molecule has 2 heterocycles. The lowest BCUT2D eigenvalue weighted by atomic mass is 9.76. The molecular weight excluding hydrogens is 489 g/mol. The van der Waals surface area contributed by atoms with Crippen molar-refractivity contribution >= 4 is 29.0 Å². The first-order chi connectivity index (χ1) is 17.6. The van der Waals surface area contributed by atoms with Crippen LogP contribution in [0.5, 0.6) is 0 Å². The second-order valence-electron chi connectivity index (χ2n) is 11.1. The average molecular weight is 520 g/mol. The normalized spacial score (nSPS) is 23.7. The molecule has 4 atom stereocenters. The van der Waals surface area contributed by atoms with Gasteiger partial charge in [0.25, 0.3) is 0 Å². The summed E-state index contributed by atoms with van der Waals surface area (Å²) in [6.45, 7) is 6.30. The van der Waals surface area contributed by atoms with Crippen LogP contribution >= 0.6 is 11.3 Å². The quantitative estimate of drug-likeness (QED) is 0.393. The number of carboxylic acids is 1. The molecular formula is C30H30FNO4S. The number of carbonyl (C=O) groups excluding carboxylic acids is 2. The predicted molar refractivity (Wildman–Crippen MR) is 140 cm³/mol. The Morgan fingerprint density at radius 1 is 0.946 bits per heavy atom. The summed E-state index contributed by atoms with van der Waals surface area (Å²) in [6.07, 6.45) is 1.40. The van der Waals surface area contributed by atoms with Crippen LogP contribution < -0.4 is 0 Å². The molecule has 1 aliphatic carbocycles. The van der Waals surface area contributed by atoms with E-state index in [0.29, 0.717) is 28.8 Å². The van der Waals surface area contributed by atoms with Crippen LogP contribution in [0.25, 0.3) is 0 Å². The van der Waals surface area contributed by atoms with Crippen molar-refractivity contribution in [1.29, 1.82) is 0 Å². The molecule has 3 aromatic rings. The minimum atomic E-state index is -1.22. The molecule has 7 heteroatoms. The molecule has 0 radical (unpaired) electrons. The Bertz CT molecular complexity index is 1310. The van der Waals surface area contributed by atoms with Crippen LogP contribution in [-0.2, 0) is 15.0 Å². The lowest BCUT2D eigenvalue weighted by Gasteiger charge is -2.30. The van der Waals surface area contributed by atoms with Crippen molar-refractivity contribution in [3.8, 4) is 0 Å². The number of carbonyl (C=O) groups is 3. The van der Waals surface area contributed by atoms with Gasteiger partial charge in [0.1, 0.15) is 11.9 Å². The fourth-order valence-corrected chi connectivity index (χ4v) is 6.23. The van der Waals surface area contributed by atoms with Crippen molar-refractivity contribution in [2.24, 2.45) is 11.8 Å². The maximum atomic E-state index is 14.1. The topological polar surface area (TPSA) is 74.7 Å². The van der Waals surface area contributed by atoms with Crippen LogP contribution in [0.1, 0.15) is 71.9 Å². The van der Waals surface area contributed by atoms with Gasteiger partial charge in [0.2, 0.25) is 5.91 Å². The van der Waals surface area contributed by atoms with E-state index in [0.717, 1.165) is 5.56 Å². The maximum absolute atomic E-state index is 14.1. The fourth-order valence-electron chi connectivity index (χ4n) is 5.51. The number of carboxylic acid groups (broad SMARTS) is 1. The molecule has 4 unspecified atom stereocenters. The molecule has 1 aliphatic heterocycles. The van der Waals surface area contributed by atoms with Crippen molar-refractivity contribution in [1.82, 2.24) is 4.90 Å². The molecule has 1 saturated heterocycles. The zero-order valence-electron chi connectivity index (χ0n) is 21.1. The Morgan fingerprint density at radius 3 is 2.08 bits per heavy atom. The number of halogens is 1. The summed E-state index contributed by atoms with van der Waals surface area (Å²) in [6, 6.07) is 14.9. The third kappa shape index (κ3) is 4.73. The van der Waals surface area contributed by atoms with Crippen LogP contribution in [0.3, 0.4) is 0 Å². The van der Waals surface area contributed by atoms with Gasteiger partial charge in [-0.2, -0.15) is 0 Å². The first-order valence-electron chi connectivity index (χ1n) is 12.6. The molecule has 192 valence electrons. The number of hydrogen-bond donors (Lipinski definition) is 1. The van der Waals surface area contributed by atoms with Crippen LogP contribution in [0.15, 0.2) is 66.0 Å². The Morgan fingerprint density at radius 2 is 1.57 bits per heavy atom. The molecule has 2 aliphatic rings. The van der Waals surface area contributed by atoms with Crippen LogP contribution in [0, 0.1) is 17.7 Å². The maximum Gasteiger partial charge on any atom is 0.327 e. The summed E-state index contributed by atoms with van der Waals surface area (Å²) >= 11 is 1.30. The molecule has 1 saturated carbocycles. The standard InChI is InChI=1S/C30H30FNO4S/c1-30(2,3)20-12-8-17(9-13-20)23-24(27(33)22-5-4-16-37-22)25(18-10-14-21(31)15-11-18)32(26(23)29(35)36)28(34)19-6-7-19/h4-5,8-16,19,23-26H,6-7H2,1-3H3,(H,35,36). The van der Waals surface area contributed by atoms with Crippen molar-refractivity contribution in [3.05, 3.63) is 93.4 Å². The molecule has 0 bridgehead atoms. The molecule has 1 amide bonds. The Labute approximate surface area is 219 Å². The third-order valence-electron chi connectivity index (χ3n) is 7.54. The van der Waals surface area contributed by atoms with Gasteiger partial charge < -0.3 is 10.0 Å². The second-order valence-corrected chi connectivity index (χ2v) is 12.0. The molecule has 5 rings (SSSR count). The monoisotopic (exact) mass is 519 g/mol. The van der Waals surface area contributed by atoms with E-state index in [9.17, 15) is 23.9 Å². The van der Waals surface area contributed by atoms with Gasteiger partial charge in [-0.3, -0.25) is 9.59 Å². The molecule has 5 nitrogen and oxygen atoms in total. The summed E-state index contributed by atoms with van der Waals surface area (Å²) in [7, 11) is 0. The van der Waals surface area contributed by atoms with Crippen LogP contribution in [-0.4, -0.2) is 33.7 Å². The second kappa shape index (κ2) is 9.53. The van der Waals surface area contributed by atoms with Gasteiger partial charge in [-0.25, -0.2) is 9.18 Å². The van der Waals surface area contributed by atoms with E-state index in [1.165, 1.54) is 28.4 Å². The van der Waals surface area contributed by atoms with Gasteiger partial charge in [0, 0.05) is 11.8 Å². The number of hydrogen-bond acceptors (Lipinski definition) is 4. The molecule has 37 heavy (non-hydrogen) atoms. The summed E-state index contributed by atoms with van der Waals surface area (Å²) in [5.74, 6) is -3.89. The highest BCUT2D eigenvalue weighted by Crippen LogP contribution is 2.53. The molecule has 0 spiro atoms. The van der Waals surface area contributed by atoms with Crippen LogP contribution in [0.2, 0.25) is 0 Å². The molecule has 1 aromatic heterocycles. The summed E-state index contributed by atoms with van der Waals surface area (Å²) < 4.78 is 13.9. The fraction of sp³-hybridized carbons (Fsp3) is 0.367. The summed E-state index contributed by atoms with van der Waals surface area (Å²) in [5.41, 5.74) is 2.25. The van der Waals surface area contributed by atoms with Gasteiger partial charge in [-0.15, -0.1) is 11.3 Å². The van der Waals surface area contributed by atoms with E-state index in [-0.39, 0.29) is 23.0 Å². The molecule has 2 fully saturated rings. The van der Waals surface area contributed by atoms with E-state index in [4.69, 9.17) is 0 Å². The zero-order valence-corrected chi connectivity index (χ0v) is 21.9. The smallest absolute Gasteiger partial charge is 0.327 e.